The largest absolute Gasteiger partial charge is 0.378 e. The van der Waals surface area contributed by atoms with Gasteiger partial charge in [0, 0.05) is 26.2 Å². The number of hydrogen-bond donors (Lipinski definition) is 0. The molecule has 0 amide bonds. The maximum Gasteiger partial charge on any atom is 0.247 e. The topological polar surface area (TPSA) is 95.1 Å². The molecule has 2 aliphatic rings. The van der Waals surface area contributed by atoms with Crippen molar-refractivity contribution in [1.29, 1.82) is 0 Å². The fraction of sp³-hybridized carbons (Fsp3) is 0.706. The van der Waals surface area contributed by atoms with Gasteiger partial charge in [0.25, 0.3) is 0 Å². The normalized spacial score (nSPS) is 26.0. The number of fused-ring (bicyclic) bond motifs is 2. The van der Waals surface area contributed by atoms with E-state index < -0.39 is 10.0 Å². The van der Waals surface area contributed by atoms with Crippen molar-refractivity contribution >= 4 is 10.0 Å². The van der Waals surface area contributed by atoms with Gasteiger partial charge in [-0.1, -0.05) is 5.21 Å². The van der Waals surface area contributed by atoms with Gasteiger partial charge in [0.15, 0.2) is 0 Å². The van der Waals surface area contributed by atoms with Crippen LogP contribution in [0.2, 0.25) is 0 Å². The molecule has 0 aliphatic carbocycles. The molecule has 2 saturated heterocycles. The average molecular weight is 395 g/mol. The summed E-state index contributed by atoms with van der Waals surface area (Å²) in [6, 6.07) is 0.156. The van der Waals surface area contributed by atoms with Gasteiger partial charge in [-0.25, -0.2) is 13.1 Å². The Morgan fingerprint density at radius 2 is 1.85 bits per heavy atom. The third kappa shape index (κ3) is 2.99. The molecule has 10 heteroatoms. The van der Waals surface area contributed by atoms with Gasteiger partial charge < -0.3 is 4.74 Å². The third-order valence-electron chi connectivity index (χ3n) is 5.84. The first kappa shape index (κ1) is 18.6. The van der Waals surface area contributed by atoms with Crippen molar-refractivity contribution in [2.75, 3.05) is 7.11 Å². The van der Waals surface area contributed by atoms with Crippen LogP contribution >= 0.6 is 0 Å². The van der Waals surface area contributed by atoms with Gasteiger partial charge in [0.2, 0.25) is 10.0 Å². The highest BCUT2D eigenvalue weighted by atomic mass is 32.2. The van der Waals surface area contributed by atoms with Crippen LogP contribution in [0.4, 0.5) is 0 Å². The lowest BCUT2D eigenvalue weighted by atomic mass is 10.00. The molecular formula is C17H26N6O3S. The quantitative estimate of drug-likeness (QED) is 0.759. The molecule has 0 spiro atoms. The minimum atomic E-state index is -3.56. The number of piperidine rings is 1. The molecule has 4 rings (SSSR count). The SMILES string of the molecule is COCc1cn(C2CC3CCC(C2)N3S(=O)(=O)c2c(C)nn(C)c2C)nn1. The molecular weight excluding hydrogens is 368 g/mol. The highest BCUT2D eigenvalue weighted by Crippen LogP contribution is 2.44. The number of methoxy groups -OCH3 is 1. The van der Waals surface area contributed by atoms with Gasteiger partial charge in [0.1, 0.15) is 10.6 Å². The van der Waals surface area contributed by atoms with Crippen LogP contribution in [0, 0.1) is 13.8 Å². The first-order chi connectivity index (χ1) is 12.8. The Hall–Kier alpha value is -1.78. The van der Waals surface area contributed by atoms with Crippen LogP contribution in [-0.4, -0.2) is 56.7 Å². The Labute approximate surface area is 159 Å². The molecule has 27 heavy (non-hydrogen) atoms. The number of nitrogens with zero attached hydrogens (tertiary/aromatic N) is 6. The number of sulfonamides is 1. The lowest BCUT2D eigenvalue weighted by Gasteiger charge is -2.37. The molecule has 2 unspecified atom stereocenters. The first-order valence-electron chi connectivity index (χ1n) is 9.26. The predicted octanol–water partition coefficient (Wildman–Crippen LogP) is 1.33. The summed E-state index contributed by atoms with van der Waals surface area (Å²) in [5.74, 6) is 0. The Kier molecular flexibility index (Phi) is 4.59. The van der Waals surface area contributed by atoms with Crippen molar-refractivity contribution in [3.05, 3.63) is 23.3 Å². The van der Waals surface area contributed by atoms with E-state index in [1.807, 2.05) is 17.8 Å². The molecule has 0 saturated carbocycles. The molecule has 0 N–H and O–H groups in total. The highest BCUT2D eigenvalue weighted by Gasteiger charge is 2.49. The van der Waals surface area contributed by atoms with Crippen molar-refractivity contribution in [2.24, 2.45) is 7.05 Å². The summed E-state index contributed by atoms with van der Waals surface area (Å²) in [6.45, 7) is 4.01. The highest BCUT2D eigenvalue weighted by molar-refractivity contribution is 7.89. The number of hydrogen-bond acceptors (Lipinski definition) is 6. The summed E-state index contributed by atoms with van der Waals surface area (Å²) in [5, 5.41) is 12.7. The Balaban J connectivity index is 1.60. The lowest BCUT2D eigenvalue weighted by Crippen LogP contribution is -2.47. The zero-order chi connectivity index (χ0) is 19.3. The molecule has 2 atom stereocenters. The van der Waals surface area contributed by atoms with Crippen molar-refractivity contribution in [3.63, 3.8) is 0 Å². The Morgan fingerprint density at radius 3 is 2.41 bits per heavy atom. The second kappa shape index (κ2) is 6.68. The molecule has 2 aromatic rings. The van der Waals surface area contributed by atoms with E-state index in [0.717, 1.165) is 31.4 Å². The van der Waals surface area contributed by atoms with E-state index in [1.165, 1.54) is 0 Å². The molecule has 2 bridgehead atoms. The second-order valence-corrected chi connectivity index (χ2v) is 9.37. The summed E-state index contributed by atoms with van der Waals surface area (Å²) in [4.78, 5) is 0.364. The van der Waals surface area contributed by atoms with Crippen LogP contribution in [0.25, 0.3) is 0 Å². The predicted molar refractivity (Wildman–Crippen MR) is 97.5 cm³/mol. The minimum Gasteiger partial charge on any atom is -0.378 e. The van der Waals surface area contributed by atoms with E-state index in [0.29, 0.717) is 22.9 Å². The van der Waals surface area contributed by atoms with E-state index in [4.69, 9.17) is 4.74 Å². The lowest BCUT2D eigenvalue weighted by molar-refractivity contribution is 0.180. The zero-order valence-corrected chi connectivity index (χ0v) is 17.0. The van der Waals surface area contributed by atoms with Crippen LogP contribution in [0.5, 0.6) is 0 Å². The second-order valence-electron chi connectivity index (χ2n) is 7.59. The summed E-state index contributed by atoms with van der Waals surface area (Å²) >= 11 is 0. The van der Waals surface area contributed by atoms with Gasteiger partial charge in [-0.15, -0.1) is 5.10 Å². The van der Waals surface area contributed by atoms with E-state index >= 15 is 0 Å². The van der Waals surface area contributed by atoms with Crippen molar-refractivity contribution in [3.8, 4) is 0 Å². The summed E-state index contributed by atoms with van der Waals surface area (Å²) in [6.07, 6.45) is 5.19. The van der Waals surface area contributed by atoms with E-state index in [1.54, 1.807) is 30.1 Å². The number of aromatic nitrogens is 5. The van der Waals surface area contributed by atoms with E-state index in [9.17, 15) is 8.42 Å². The van der Waals surface area contributed by atoms with Crippen LogP contribution in [0.3, 0.4) is 0 Å². The van der Waals surface area contributed by atoms with E-state index in [2.05, 4.69) is 15.4 Å². The molecule has 9 nitrogen and oxygen atoms in total. The van der Waals surface area contributed by atoms with E-state index in [-0.39, 0.29) is 18.1 Å². The molecule has 4 heterocycles. The first-order valence-corrected chi connectivity index (χ1v) is 10.7. The molecule has 2 fully saturated rings. The van der Waals surface area contributed by atoms with Crippen LogP contribution in [0.15, 0.2) is 11.1 Å². The summed E-state index contributed by atoms with van der Waals surface area (Å²) in [7, 11) is -0.151. The summed E-state index contributed by atoms with van der Waals surface area (Å²) < 4.78 is 37.3. The van der Waals surface area contributed by atoms with Crippen molar-refractivity contribution < 1.29 is 13.2 Å². The summed E-state index contributed by atoms with van der Waals surface area (Å²) in [5.41, 5.74) is 2.05. The molecule has 2 aromatic heterocycles. The fourth-order valence-electron chi connectivity index (χ4n) is 4.65. The molecule has 148 valence electrons. The third-order valence-corrected chi connectivity index (χ3v) is 8.10. The van der Waals surface area contributed by atoms with Crippen LogP contribution < -0.4 is 0 Å². The van der Waals surface area contributed by atoms with Crippen LogP contribution in [0.1, 0.15) is 48.8 Å². The molecule has 0 aromatic carbocycles. The van der Waals surface area contributed by atoms with Gasteiger partial charge in [-0.05, 0) is 39.5 Å². The fourth-order valence-corrected chi connectivity index (χ4v) is 6.95. The monoisotopic (exact) mass is 394 g/mol. The zero-order valence-electron chi connectivity index (χ0n) is 16.2. The molecule has 2 aliphatic heterocycles. The Morgan fingerprint density at radius 1 is 1.19 bits per heavy atom. The average Bonchev–Trinajstić information content (AvgIpc) is 3.25. The smallest absolute Gasteiger partial charge is 0.247 e. The standard InChI is InChI=1S/C17H26N6O3S/c1-11-17(12(2)21(3)19-11)27(24,25)23-14-5-6-15(23)8-16(7-14)22-9-13(10-26-4)18-20-22/h9,14-16H,5-8,10H2,1-4H3. The maximum atomic E-state index is 13.5. The van der Waals surface area contributed by atoms with Gasteiger partial charge in [0.05, 0.1) is 30.2 Å². The minimum absolute atomic E-state index is 0.00664. The van der Waals surface area contributed by atoms with Gasteiger partial charge >= 0.3 is 0 Å². The van der Waals surface area contributed by atoms with Crippen LogP contribution in [-0.2, 0) is 28.4 Å². The Bertz CT molecular complexity index is 936. The van der Waals surface area contributed by atoms with Gasteiger partial charge in [-0.3, -0.25) is 4.68 Å². The number of aryl methyl sites for hydroxylation is 2. The number of ether oxygens (including phenoxy) is 1. The van der Waals surface area contributed by atoms with Gasteiger partial charge in [-0.2, -0.15) is 9.40 Å². The number of rotatable bonds is 5. The van der Waals surface area contributed by atoms with Crippen molar-refractivity contribution in [2.45, 2.75) is 69.2 Å². The van der Waals surface area contributed by atoms with Crippen molar-refractivity contribution in [1.82, 2.24) is 29.1 Å². The molecule has 0 radical (unpaired) electrons. The maximum absolute atomic E-state index is 13.5.